The van der Waals surface area contributed by atoms with Crippen molar-refractivity contribution < 1.29 is 4.79 Å². The Morgan fingerprint density at radius 2 is 1.92 bits per heavy atom. The van der Waals surface area contributed by atoms with E-state index in [2.05, 4.69) is 64.8 Å². The van der Waals surface area contributed by atoms with Crippen LogP contribution in [0.4, 0.5) is 10.5 Å². The monoisotopic (exact) mass is 357 g/mol. The maximum absolute atomic E-state index is 11.9. The molecule has 0 bridgehead atoms. The number of anilines is 1. The molecule has 142 valence electrons. The van der Waals surface area contributed by atoms with Crippen LogP contribution in [0.15, 0.2) is 30.3 Å². The fourth-order valence-electron chi connectivity index (χ4n) is 2.99. The molecule has 0 spiro atoms. The lowest BCUT2D eigenvalue weighted by atomic mass is 10.2. The molecule has 0 saturated heterocycles. The Labute approximate surface area is 156 Å². The summed E-state index contributed by atoms with van der Waals surface area (Å²) in [4.78, 5) is 14.2. The minimum Gasteiger partial charge on any atom is -0.370 e. The Morgan fingerprint density at radius 1 is 1.15 bits per heavy atom. The van der Waals surface area contributed by atoms with Crippen LogP contribution in [-0.2, 0) is 6.54 Å². The fourth-order valence-corrected chi connectivity index (χ4v) is 2.99. The molecule has 0 aliphatic rings. The first-order valence-corrected chi connectivity index (χ1v) is 9.34. The van der Waals surface area contributed by atoms with Gasteiger partial charge in [0.15, 0.2) is 0 Å². The second-order valence-corrected chi connectivity index (χ2v) is 6.61. The lowest BCUT2D eigenvalue weighted by molar-refractivity contribution is 0.240. The topological polar surface area (TPSA) is 62.2 Å². The molecule has 2 amide bonds. The van der Waals surface area contributed by atoms with Crippen molar-refractivity contribution in [2.45, 2.75) is 40.7 Å². The SMILES string of the molecule is CCN(CCNC(=O)NCCCn1nc(C)cc1C)c1cccc(C)c1. The smallest absolute Gasteiger partial charge is 0.314 e. The van der Waals surface area contributed by atoms with Crippen LogP contribution in [0.25, 0.3) is 0 Å². The number of benzene rings is 1. The number of likely N-dealkylation sites (N-methyl/N-ethyl adjacent to an activating group) is 1. The summed E-state index contributed by atoms with van der Waals surface area (Å²) < 4.78 is 1.98. The normalized spacial score (nSPS) is 10.6. The molecular weight excluding hydrogens is 326 g/mol. The van der Waals surface area contributed by atoms with Crippen LogP contribution in [0.1, 0.15) is 30.3 Å². The lowest BCUT2D eigenvalue weighted by Gasteiger charge is -2.23. The van der Waals surface area contributed by atoms with Gasteiger partial charge in [0.05, 0.1) is 5.69 Å². The second kappa shape index (κ2) is 9.85. The molecule has 2 N–H and O–H groups in total. The number of carbonyl (C=O) groups excluding carboxylic acids is 1. The largest absolute Gasteiger partial charge is 0.370 e. The summed E-state index contributed by atoms with van der Waals surface area (Å²) in [5, 5.41) is 10.3. The van der Waals surface area contributed by atoms with Gasteiger partial charge >= 0.3 is 6.03 Å². The maximum Gasteiger partial charge on any atom is 0.314 e. The number of nitrogens with zero attached hydrogens (tertiary/aromatic N) is 3. The minimum absolute atomic E-state index is 0.112. The molecule has 0 radical (unpaired) electrons. The number of urea groups is 1. The molecule has 1 aromatic heterocycles. The van der Waals surface area contributed by atoms with E-state index in [1.54, 1.807) is 0 Å². The van der Waals surface area contributed by atoms with Gasteiger partial charge in [0, 0.05) is 44.1 Å². The molecule has 0 saturated carbocycles. The summed E-state index contributed by atoms with van der Waals surface area (Å²) in [6.07, 6.45) is 0.861. The second-order valence-electron chi connectivity index (χ2n) is 6.61. The van der Waals surface area contributed by atoms with Crippen molar-refractivity contribution in [3.8, 4) is 0 Å². The van der Waals surface area contributed by atoms with E-state index in [1.807, 2.05) is 18.5 Å². The van der Waals surface area contributed by atoms with Crippen LogP contribution >= 0.6 is 0 Å². The molecule has 26 heavy (non-hydrogen) atoms. The highest BCUT2D eigenvalue weighted by atomic mass is 16.2. The van der Waals surface area contributed by atoms with Crippen molar-refractivity contribution in [3.05, 3.63) is 47.3 Å². The van der Waals surface area contributed by atoms with Crippen molar-refractivity contribution in [1.82, 2.24) is 20.4 Å². The van der Waals surface area contributed by atoms with Gasteiger partial charge in [-0.3, -0.25) is 4.68 Å². The summed E-state index contributed by atoms with van der Waals surface area (Å²) >= 11 is 0. The molecule has 6 heteroatoms. The van der Waals surface area contributed by atoms with Crippen LogP contribution in [0.3, 0.4) is 0 Å². The fraction of sp³-hybridized carbons (Fsp3) is 0.500. The Bertz CT molecular complexity index is 710. The average molecular weight is 358 g/mol. The lowest BCUT2D eigenvalue weighted by Crippen LogP contribution is -2.41. The van der Waals surface area contributed by atoms with Crippen molar-refractivity contribution >= 4 is 11.7 Å². The molecule has 1 aromatic carbocycles. The predicted molar refractivity (Wildman–Crippen MR) is 107 cm³/mol. The van der Waals surface area contributed by atoms with Gasteiger partial charge in [-0.25, -0.2) is 4.79 Å². The van der Waals surface area contributed by atoms with Crippen molar-refractivity contribution in [2.75, 3.05) is 31.1 Å². The van der Waals surface area contributed by atoms with Crippen LogP contribution < -0.4 is 15.5 Å². The number of hydrogen-bond acceptors (Lipinski definition) is 3. The van der Waals surface area contributed by atoms with Crippen LogP contribution in [0.2, 0.25) is 0 Å². The van der Waals surface area contributed by atoms with Crippen molar-refractivity contribution in [2.24, 2.45) is 0 Å². The van der Waals surface area contributed by atoms with E-state index < -0.39 is 0 Å². The van der Waals surface area contributed by atoms with Gasteiger partial charge in [-0.05, 0) is 57.9 Å². The summed E-state index contributed by atoms with van der Waals surface area (Å²) in [7, 11) is 0. The maximum atomic E-state index is 11.9. The molecule has 0 aliphatic heterocycles. The number of hydrogen-bond donors (Lipinski definition) is 2. The molecule has 1 heterocycles. The number of amides is 2. The zero-order valence-corrected chi connectivity index (χ0v) is 16.4. The Morgan fingerprint density at radius 3 is 2.58 bits per heavy atom. The summed E-state index contributed by atoms with van der Waals surface area (Å²) in [6.45, 7) is 12.0. The van der Waals surface area contributed by atoms with Gasteiger partial charge in [-0.15, -0.1) is 0 Å². The zero-order valence-electron chi connectivity index (χ0n) is 16.4. The third-order valence-electron chi connectivity index (χ3n) is 4.35. The highest BCUT2D eigenvalue weighted by Crippen LogP contribution is 2.14. The molecule has 0 fully saturated rings. The zero-order chi connectivity index (χ0) is 18.9. The standard InChI is InChI=1S/C20H31N5O/c1-5-24(19-9-6-8-16(2)14-19)13-11-22-20(26)21-10-7-12-25-18(4)15-17(3)23-25/h6,8-9,14-15H,5,7,10-13H2,1-4H3,(H2,21,22,26). The van der Waals surface area contributed by atoms with E-state index in [0.717, 1.165) is 37.4 Å². The molecule has 6 nitrogen and oxygen atoms in total. The molecular formula is C20H31N5O. The van der Waals surface area contributed by atoms with Gasteiger partial charge in [-0.1, -0.05) is 12.1 Å². The van der Waals surface area contributed by atoms with E-state index >= 15 is 0 Å². The molecule has 0 aliphatic carbocycles. The first-order valence-electron chi connectivity index (χ1n) is 9.34. The molecule has 2 rings (SSSR count). The number of nitrogens with one attached hydrogen (secondary N) is 2. The summed E-state index contributed by atoms with van der Waals surface area (Å²) in [6, 6.07) is 10.4. The van der Waals surface area contributed by atoms with E-state index in [-0.39, 0.29) is 6.03 Å². The van der Waals surface area contributed by atoms with Crippen LogP contribution in [-0.4, -0.2) is 42.0 Å². The third-order valence-corrected chi connectivity index (χ3v) is 4.35. The first kappa shape index (κ1) is 19.8. The summed E-state index contributed by atoms with van der Waals surface area (Å²) in [5.41, 5.74) is 4.62. The van der Waals surface area contributed by atoms with Gasteiger partial charge in [0.2, 0.25) is 0 Å². The summed E-state index contributed by atoms with van der Waals surface area (Å²) in [5.74, 6) is 0. The van der Waals surface area contributed by atoms with Gasteiger partial charge < -0.3 is 15.5 Å². The van der Waals surface area contributed by atoms with E-state index in [4.69, 9.17) is 0 Å². The molecule has 0 unspecified atom stereocenters. The quantitative estimate of drug-likeness (QED) is 0.678. The van der Waals surface area contributed by atoms with Gasteiger partial charge in [0.1, 0.15) is 0 Å². The first-order chi connectivity index (χ1) is 12.5. The predicted octanol–water partition coefficient (Wildman–Crippen LogP) is 3.02. The Hall–Kier alpha value is -2.50. The average Bonchev–Trinajstić information content (AvgIpc) is 2.93. The third kappa shape index (κ3) is 6.10. The van der Waals surface area contributed by atoms with Crippen LogP contribution in [0, 0.1) is 20.8 Å². The Balaban J connectivity index is 1.64. The highest BCUT2D eigenvalue weighted by Gasteiger charge is 2.06. The minimum atomic E-state index is -0.112. The highest BCUT2D eigenvalue weighted by molar-refractivity contribution is 5.73. The number of carbonyl (C=O) groups is 1. The number of aryl methyl sites for hydroxylation is 4. The number of rotatable bonds is 9. The van der Waals surface area contributed by atoms with Gasteiger partial charge in [-0.2, -0.15) is 5.10 Å². The van der Waals surface area contributed by atoms with E-state index in [9.17, 15) is 4.79 Å². The van der Waals surface area contributed by atoms with E-state index in [0.29, 0.717) is 13.1 Å². The molecule has 0 atom stereocenters. The number of aromatic nitrogens is 2. The van der Waals surface area contributed by atoms with Crippen molar-refractivity contribution in [1.29, 1.82) is 0 Å². The van der Waals surface area contributed by atoms with Crippen molar-refractivity contribution in [3.63, 3.8) is 0 Å². The van der Waals surface area contributed by atoms with Crippen LogP contribution in [0.5, 0.6) is 0 Å². The Kier molecular flexibility index (Phi) is 7.51. The molecule has 2 aromatic rings. The van der Waals surface area contributed by atoms with Gasteiger partial charge in [0.25, 0.3) is 0 Å². The van der Waals surface area contributed by atoms with E-state index in [1.165, 1.54) is 11.3 Å².